The first-order valence-electron chi connectivity index (χ1n) is 8.10. The number of carbonyl (C=O) groups is 1. The van der Waals surface area contributed by atoms with Crippen molar-refractivity contribution in [3.05, 3.63) is 76.3 Å². The third kappa shape index (κ3) is 4.06. The van der Waals surface area contributed by atoms with E-state index in [0.717, 1.165) is 16.8 Å². The average Bonchev–Trinajstić information content (AvgIpc) is 3.17. The van der Waals surface area contributed by atoms with E-state index in [4.69, 9.17) is 23.2 Å². The van der Waals surface area contributed by atoms with Gasteiger partial charge in [0.2, 0.25) is 5.91 Å². The van der Waals surface area contributed by atoms with Crippen molar-refractivity contribution in [3.63, 3.8) is 0 Å². The van der Waals surface area contributed by atoms with Gasteiger partial charge < -0.3 is 4.90 Å². The van der Waals surface area contributed by atoms with Crippen molar-refractivity contribution in [3.8, 4) is 5.69 Å². The molecule has 3 rings (SSSR count). The maximum atomic E-state index is 12.6. The molecule has 1 aromatic heterocycles. The molecule has 2 aromatic carbocycles. The van der Waals surface area contributed by atoms with Gasteiger partial charge in [0, 0.05) is 17.1 Å². The molecule has 7 heteroatoms. The van der Waals surface area contributed by atoms with E-state index in [0.29, 0.717) is 10.0 Å². The van der Waals surface area contributed by atoms with Crippen molar-refractivity contribution in [2.45, 2.75) is 19.4 Å². The summed E-state index contributed by atoms with van der Waals surface area (Å²) in [4.78, 5) is 18.3. The van der Waals surface area contributed by atoms with Crippen LogP contribution >= 0.6 is 23.2 Å². The molecule has 0 saturated carbocycles. The number of likely N-dealkylation sites (N-methyl/N-ethyl adjacent to an activating group) is 1. The lowest BCUT2D eigenvalue weighted by molar-refractivity contribution is -0.131. The Morgan fingerprint density at radius 3 is 2.54 bits per heavy atom. The van der Waals surface area contributed by atoms with E-state index in [1.807, 2.05) is 31.2 Å². The van der Waals surface area contributed by atoms with Gasteiger partial charge in [-0.1, -0.05) is 41.4 Å². The summed E-state index contributed by atoms with van der Waals surface area (Å²) < 4.78 is 1.69. The third-order valence-electron chi connectivity index (χ3n) is 4.39. The number of aromatic nitrogens is 3. The molecule has 0 N–H and O–H groups in total. The predicted molar refractivity (Wildman–Crippen MR) is 103 cm³/mol. The standard InChI is InChI=1S/C19H18Cl2N4O/c1-13(14-4-7-17(8-5-14)25-12-22-11-23-25)24(2)19(26)9-15-3-6-16(20)10-18(15)21/h3-8,10-13H,9H2,1-2H3/t13-/m0/s1. The molecule has 5 nitrogen and oxygen atoms in total. The van der Waals surface area contributed by atoms with Crippen molar-refractivity contribution in [1.29, 1.82) is 0 Å². The number of hydrogen-bond donors (Lipinski definition) is 0. The van der Waals surface area contributed by atoms with Crippen LogP contribution in [0.1, 0.15) is 24.1 Å². The quantitative estimate of drug-likeness (QED) is 0.653. The van der Waals surface area contributed by atoms with Crippen LogP contribution in [0, 0.1) is 0 Å². The summed E-state index contributed by atoms with van der Waals surface area (Å²) in [5.41, 5.74) is 2.72. The zero-order chi connectivity index (χ0) is 18.7. The molecule has 0 fully saturated rings. The number of nitrogens with zero attached hydrogens (tertiary/aromatic N) is 4. The molecule has 0 aliphatic carbocycles. The highest BCUT2D eigenvalue weighted by Crippen LogP contribution is 2.24. The maximum absolute atomic E-state index is 12.6. The first-order chi connectivity index (χ1) is 12.5. The van der Waals surface area contributed by atoms with Crippen LogP contribution in [0.4, 0.5) is 0 Å². The maximum Gasteiger partial charge on any atom is 0.227 e. The van der Waals surface area contributed by atoms with Crippen LogP contribution < -0.4 is 0 Å². The largest absolute Gasteiger partial charge is 0.339 e. The molecule has 1 heterocycles. The summed E-state index contributed by atoms with van der Waals surface area (Å²) in [6.07, 6.45) is 3.36. The third-order valence-corrected chi connectivity index (χ3v) is 4.98. The summed E-state index contributed by atoms with van der Waals surface area (Å²) in [5.74, 6) is -0.0120. The van der Waals surface area contributed by atoms with Gasteiger partial charge in [-0.2, -0.15) is 5.10 Å². The van der Waals surface area contributed by atoms with Gasteiger partial charge in [-0.05, 0) is 42.3 Å². The minimum Gasteiger partial charge on any atom is -0.339 e. The zero-order valence-electron chi connectivity index (χ0n) is 14.4. The normalized spacial score (nSPS) is 12.0. The molecular weight excluding hydrogens is 371 g/mol. The smallest absolute Gasteiger partial charge is 0.227 e. The molecule has 134 valence electrons. The highest BCUT2D eigenvalue weighted by atomic mass is 35.5. The Morgan fingerprint density at radius 1 is 1.19 bits per heavy atom. The minimum atomic E-state index is -0.0710. The molecule has 0 unspecified atom stereocenters. The molecule has 0 radical (unpaired) electrons. The lowest BCUT2D eigenvalue weighted by Crippen LogP contribution is -2.31. The number of benzene rings is 2. The highest BCUT2D eigenvalue weighted by Gasteiger charge is 2.19. The van der Waals surface area contributed by atoms with E-state index in [2.05, 4.69) is 10.1 Å². The second-order valence-corrected chi connectivity index (χ2v) is 6.87. The fraction of sp³-hybridized carbons (Fsp3) is 0.211. The summed E-state index contributed by atoms with van der Waals surface area (Å²) >= 11 is 12.1. The summed E-state index contributed by atoms with van der Waals surface area (Å²) in [5, 5.41) is 5.16. The Bertz CT molecular complexity index is 894. The summed E-state index contributed by atoms with van der Waals surface area (Å²) in [7, 11) is 1.79. The van der Waals surface area contributed by atoms with E-state index in [1.54, 1.807) is 41.2 Å². The number of rotatable bonds is 5. The van der Waals surface area contributed by atoms with Crippen LogP contribution in [0.2, 0.25) is 10.0 Å². The van der Waals surface area contributed by atoms with Crippen molar-refractivity contribution in [1.82, 2.24) is 19.7 Å². The Kier molecular flexibility index (Phi) is 5.59. The van der Waals surface area contributed by atoms with Gasteiger partial charge in [0.05, 0.1) is 18.2 Å². The van der Waals surface area contributed by atoms with Gasteiger partial charge in [0.25, 0.3) is 0 Å². The first-order valence-corrected chi connectivity index (χ1v) is 8.86. The number of hydrogen-bond acceptors (Lipinski definition) is 3. The van der Waals surface area contributed by atoms with E-state index in [9.17, 15) is 4.79 Å². The Labute approximate surface area is 162 Å². The van der Waals surface area contributed by atoms with Crippen molar-refractivity contribution in [2.24, 2.45) is 0 Å². The summed E-state index contributed by atoms with van der Waals surface area (Å²) in [6.45, 7) is 1.99. The zero-order valence-corrected chi connectivity index (χ0v) is 15.9. The first kappa shape index (κ1) is 18.4. The Morgan fingerprint density at radius 2 is 1.92 bits per heavy atom. The number of amides is 1. The summed E-state index contributed by atoms with van der Waals surface area (Å²) in [6, 6.07) is 13.0. The van der Waals surface area contributed by atoms with Crippen LogP contribution in [-0.2, 0) is 11.2 Å². The van der Waals surface area contributed by atoms with Gasteiger partial charge in [-0.15, -0.1) is 0 Å². The van der Waals surface area contributed by atoms with E-state index < -0.39 is 0 Å². The molecule has 0 bridgehead atoms. The Hall–Kier alpha value is -2.37. The van der Waals surface area contributed by atoms with Crippen LogP contribution in [0.25, 0.3) is 5.69 Å². The molecule has 0 aliphatic rings. The van der Waals surface area contributed by atoms with Crippen LogP contribution in [0.3, 0.4) is 0 Å². The van der Waals surface area contributed by atoms with Gasteiger partial charge in [-0.25, -0.2) is 9.67 Å². The molecule has 26 heavy (non-hydrogen) atoms. The fourth-order valence-electron chi connectivity index (χ4n) is 2.64. The average molecular weight is 389 g/mol. The fourth-order valence-corrected chi connectivity index (χ4v) is 3.11. The second kappa shape index (κ2) is 7.89. The van der Waals surface area contributed by atoms with Crippen molar-refractivity contribution in [2.75, 3.05) is 7.05 Å². The molecule has 0 spiro atoms. The van der Waals surface area contributed by atoms with Gasteiger partial charge >= 0.3 is 0 Å². The molecule has 1 amide bonds. The lowest BCUT2D eigenvalue weighted by atomic mass is 10.1. The van der Waals surface area contributed by atoms with E-state index in [-0.39, 0.29) is 18.4 Å². The van der Waals surface area contributed by atoms with Crippen LogP contribution in [0.5, 0.6) is 0 Å². The van der Waals surface area contributed by atoms with Crippen LogP contribution in [0.15, 0.2) is 55.1 Å². The molecule has 0 aliphatic heterocycles. The van der Waals surface area contributed by atoms with E-state index >= 15 is 0 Å². The monoisotopic (exact) mass is 388 g/mol. The SMILES string of the molecule is C[C@@H](c1ccc(-n2cncn2)cc1)N(C)C(=O)Cc1ccc(Cl)cc1Cl. The van der Waals surface area contributed by atoms with Gasteiger partial charge in [-0.3, -0.25) is 4.79 Å². The van der Waals surface area contributed by atoms with Gasteiger partial charge in [0.1, 0.15) is 12.7 Å². The lowest BCUT2D eigenvalue weighted by Gasteiger charge is -2.26. The van der Waals surface area contributed by atoms with E-state index in [1.165, 1.54) is 6.33 Å². The topological polar surface area (TPSA) is 51.0 Å². The van der Waals surface area contributed by atoms with Crippen molar-refractivity contribution >= 4 is 29.1 Å². The molecule has 0 saturated heterocycles. The number of carbonyl (C=O) groups excluding carboxylic acids is 1. The highest BCUT2D eigenvalue weighted by molar-refractivity contribution is 6.35. The molecule has 3 aromatic rings. The minimum absolute atomic E-state index is 0.0120. The molecular formula is C19H18Cl2N4O. The van der Waals surface area contributed by atoms with Crippen molar-refractivity contribution < 1.29 is 4.79 Å². The van der Waals surface area contributed by atoms with Crippen LogP contribution in [-0.4, -0.2) is 32.6 Å². The Balaban J connectivity index is 1.70. The second-order valence-electron chi connectivity index (χ2n) is 6.02. The molecule has 1 atom stereocenters. The predicted octanol–water partition coefficient (Wildman–Crippen LogP) is 4.34. The van der Waals surface area contributed by atoms with Gasteiger partial charge in [0.15, 0.2) is 0 Å². The number of halogens is 2.